The van der Waals surface area contributed by atoms with Crippen molar-refractivity contribution in [1.82, 2.24) is 4.90 Å². The number of carbonyl (C=O) groups excluding carboxylic acids is 2. The van der Waals surface area contributed by atoms with Gasteiger partial charge in [0.15, 0.2) is 5.17 Å². The number of amidine groups is 1. The van der Waals surface area contributed by atoms with Gasteiger partial charge in [0.25, 0.3) is 0 Å². The molecule has 4 rings (SSSR count). The van der Waals surface area contributed by atoms with E-state index >= 15 is 0 Å². The summed E-state index contributed by atoms with van der Waals surface area (Å²) in [5.41, 5.74) is 0.521. The fourth-order valence-corrected chi connectivity index (χ4v) is 4.16. The maximum absolute atomic E-state index is 13.8. The summed E-state index contributed by atoms with van der Waals surface area (Å²) in [6.07, 6.45) is 1.32. The number of amides is 2. The Bertz CT molecular complexity index is 1120. The van der Waals surface area contributed by atoms with Gasteiger partial charge in [-0.05, 0) is 36.4 Å². The van der Waals surface area contributed by atoms with E-state index in [0.717, 1.165) is 23.9 Å². The van der Waals surface area contributed by atoms with Crippen molar-refractivity contribution >= 4 is 40.1 Å². The fraction of sp³-hybridized carbons (Fsp3) is 0.136. The van der Waals surface area contributed by atoms with Crippen LogP contribution in [0.1, 0.15) is 12.2 Å². The predicted molar refractivity (Wildman–Crippen MR) is 114 cm³/mol. The van der Waals surface area contributed by atoms with Gasteiger partial charge in [-0.25, -0.2) is 13.8 Å². The number of carbonyl (C=O) groups is 2. The molecule has 3 aromatic rings. The average molecular weight is 441 g/mol. The molecule has 2 amide bonds. The summed E-state index contributed by atoms with van der Waals surface area (Å²) in [5.74, 6) is -1.91. The SMILES string of the molecule is O=C(CC1SC(=Nc2ccccc2)N(Cc2ccco2)C1=O)Nc1ccc(F)cc1F. The van der Waals surface area contributed by atoms with Gasteiger partial charge in [-0.15, -0.1) is 0 Å². The first-order valence-corrected chi connectivity index (χ1v) is 10.3. The van der Waals surface area contributed by atoms with Gasteiger partial charge < -0.3 is 9.73 Å². The Morgan fingerprint density at radius 3 is 2.65 bits per heavy atom. The first-order valence-electron chi connectivity index (χ1n) is 9.38. The first kappa shape index (κ1) is 20.8. The molecule has 31 heavy (non-hydrogen) atoms. The molecule has 2 heterocycles. The van der Waals surface area contributed by atoms with E-state index in [0.29, 0.717) is 22.7 Å². The van der Waals surface area contributed by atoms with Crippen LogP contribution < -0.4 is 5.32 Å². The van der Waals surface area contributed by atoms with Gasteiger partial charge in [-0.2, -0.15) is 0 Å². The zero-order valence-electron chi connectivity index (χ0n) is 16.1. The van der Waals surface area contributed by atoms with E-state index in [1.165, 1.54) is 11.2 Å². The number of hydrogen-bond acceptors (Lipinski definition) is 5. The minimum absolute atomic E-state index is 0.146. The maximum Gasteiger partial charge on any atom is 0.243 e. The molecule has 1 aliphatic heterocycles. The lowest BCUT2D eigenvalue weighted by molar-refractivity contribution is -0.128. The van der Waals surface area contributed by atoms with Crippen LogP contribution in [-0.4, -0.2) is 27.1 Å². The number of thioether (sulfide) groups is 1. The lowest BCUT2D eigenvalue weighted by atomic mass is 10.2. The molecule has 0 radical (unpaired) electrons. The second kappa shape index (κ2) is 9.13. The Labute approximate surface area is 181 Å². The Morgan fingerprint density at radius 1 is 1.13 bits per heavy atom. The number of nitrogens with one attached hydrogen (secondary N) is 1. The van der Waals surface area contributed by atoms with Crippen molar-refractivity contribution in [2.45, 2.75) is 18.2 Å². The van der Waals surface area contributed by atoms with E-state index in [4.69, 9.17) is 4.42 Å². The highest BCUT2D eigenvalue weighted by atomic mass is 32.2. The third-order valence-electron chi connectivity index (χ3n) is 4.47. The highest BCUT2D eigenvalue weighted by Crippen LogP contribution is 2.33. The standard InChI is InChI=1S/C22H17F2N3O3S/c23-14-8-9-18(17(24)11-14)26-20(28)12-19-21(29)27(13-16-7-4-10-30-16)22(31-19)25-15-5-2-1-3-6-15/h1-11,19H,12-13H2,(H,26,28). The Morgan fingerprint density at radius 2 is 1.94 bits per heavy atom. The van der Waals surface area contributed by atoms with Crippen LogP contribution in [0.2, 0.25) is 0 Å². The van der Waals surface area contributed by atoms with Crippen LogP contribution in [0.15, 0.2) is 76.3 Å². The Hall–Kier alpha value is -3.46. The molecule has 2 aromatic carbocycles. The van der Waals surface area contributed by atoms with Crippen LogP contribution in [0.4, 0.5) is 20.2 Å². The normalized spacial score (nSPS) is 17.4. The molecule has 158 valence electrons. The third kappa shape index (κ3) is 5.00. The molecule has 1 saturated heterocycles. The monoisotopic (exact) mass is 441 g/mol. The molecule has 9 heteroatoms. The number of rotatable bonds is 6. The Balaban J connectivity index is 1.52. The lowest BCUT2D eigenvalue weighted by Crippen LogP contribution is -2.33. The number of halogens is 2. The number of anilines is 1. The number of nitrogens with zero attached hydrogens (tertiary/aromatic N) is 2. The molecule has 6 nitrogen and oxygen atoms in total. The third-order valence-corrected chi connectivity index (χ3v) is 5.65. The van der Waals surface area contributed by atoms with E-state index in [9.17, 15) is 18.4 Å². The van der Waals surface area contributed by atoms with Gasteiger partial charge in [-0.1, -0.05) is 30.0 Å². The van der Waals surface area contributed by atoms with E-state index in [1.54, 1.807) is 24.3 Å². The van der Waals surface area contributed by atoms with Crippen molar-refractivity contribution in [3.05, 3.63) is 84.3 Å². The van der Waals surface area contributed by atoms with Crippen LogP contribution in [-0.2, 0) is 16.1 Å². The molecule has 1 unspecified atom stereocenters. The zero-order valence-corrected chi connectivity index (χ0v) is 16.9. The van der Waals surface area contributed by atoms with Gasteiger partial charge in [0, 0.05) is 12.5 Å². The van der Waals surface area contributed by atoms with Crippen LogP contribution in [0.3, 0.4) is 0 Å². The van der Waals surface area contributed by atoms with Crippen molar-refractivity contribution in [2.24, 2.45) is 4.99 Å². The predicted octanol–water partition coefficient (Wildman–Crippen LogP) is 4.72. The molecule has 0 saturated carbocycles. The molecular weight excluding hydrogens is 424 g/mol. The first-order chi connectivity index (χ1) is 15.0. The molecule has 0 spiro atoms. The fourth-order valence-electron chi connectivity index (χ4n) is 3.00. The Kier molecular flexibility index (Phi) is 6.13. The van der Waals surface area contributed by atoms with Crippen molar-refractivity contribution in [2.75, 3.05) is 5.32 Å². The molecule has 1 atom stereocenters. The van der Waals surface area contributed by atoms with E-state index in [-0.39, 0.29) is 24.6 Å². The van der Waals surface area contributed by atoms with Gasteiger partial charge in [0.1, 0.15) is 22.6 Å². The van der Waals surface area contributed by atoms with Crippen molar-refractivity contribution in [1.29, 1.82) is 0 Å². The smallest absolute Gasteiger partial charge is 0.243 e. The van der Waals surface area contributed by atoms with E-state index < -0.39 is 22.8 Å². The summed E-state index contributed by atoms with van der Waals surface area (Å²) in [6.45, 7) is 0.176. The minimum atomic E-state index is -0.885. The molecule has 1 aliphatic rings. The summed E-state index contributed by atoms with van der Waals surface area (Å²) in [4.78, 5) is 31.4. The van der Waals surface area contributed by atoms with Crippen LogP contribution in [0.25, 0.3) is 0 Å². The highest BCUT2D eigenvalue weighted by molar-refractivity contribution is 8.15. The summed E-state index contributed by atoms with van der Waals surface area (Å²) in [6, 6.07) is 15.5. The minimum Gasteiger partial charge on any atom is -0.467 e. The molecular formula is C22H17F2N3O3S. The summed E-state index contributed by atoms with van der Waals surface area (Å²) < 4.78 is 32.2. The zero-order chi connectivity index (χ0) is 21.8. The lowest BCUT2D eigenvalue weighted by Gasteiger charge is -2.15. The van der Waals surface area contributed by atoms with Gasteiger partial charge in [0.2, 0.25) is 11.8 Å². The maximum atomic E-state index is 13.8. The number of furan rings is 1. The van der Waals surface area contributed by atoms with E-state index in [2.05, 4.69) is 10.3 Å². The topological polar surface area (TPSA) is 74.9 Å². The van der Waals surface area contributed by atoms with Crippen LogP contribution in [0.5, 0.6) is 0 Å². The van der Waals surface area contributed by atoms with Gasteiger partial charge in [0.05, 0.1) is 24.2 Å². The summed E-state index contributed by atoms with van der Waals surface area (Å²) in [7, 11) is 0. The largest absolute Gasteiger partial charge is 0.467 e. The van der Waals surface area contributed by atoms with Crippen LogP contribution in [0, 0.1) is 11.6 Å². The van der Waals surface area contributed by atoms with Crippen molar-refractivity contribution < 1.29 is 22.8 Å². The number of hydrogen-bond donors (Lipinski definition) is 1. The molecule has 1 fully saturated rings. The second-order valence-electron chi connectivity index (χ2n) is 6.72. The van der Waals surface area contributed by atoms with Crippen LogP contribution >= 0.6 is 11.8 Å². The quantitative estimate of drug-likeness (QED) is 0.601. The van der Waals surface area contributed by atoms with Crippen molar-refractivity contribution in [3.63, 3.8) is 0 Å². The van der Waals surface area contributed by atoms with Crippen molar-refractivity contribution in [3.8, 4) is 0 Å². The summed E-state index contributed by atoms with van der Waals surface area (Å²) >= 11 is 1.16. The van der Waals surface area contributed by atoms with E-state index in [1.807, 2.05) is 18.2 Å². The number of benzene rings is 2. The second-order valence-corrected chi connectivity index (χ2v) is 7.89. The molecule has 1 aromatic heterocycles. The highest BCUT2D eigenvalue weighted by Gasteiger charge is 2.39. The summed E-state index contributed by atoms with van der Waals surface area (Å²) in [5, 5.41) is 2.09. The number of para-hydroxylation sites is 1. The molecule has 0 aliphatic carbocycles. The van der Waals surface area contributed by atoms with Gasteiger partial charge >= 0.3 is 0 Å². The average Bonchev–Trinajstić information content (AvgIpc) is 3.35. The molecule has 0 bridgehead atoms. The number of aliphatic imine (C=N–C) groups is 1. The van der Waals surface area contributed by atoms with Gasteiger partial charge in [-0.3, -0.25) is 14.5 Å². The molecule has 1 N–H and O–H groups in total.